The fourth-order valence-corrected chi connectivity index (χ4v) is 9.00. The minimum atomic E-state index is -1.51. The average Bonchev–Trinajstić information content (AvgIpc) is 2.99. The van der Waals surface area contributed by atoms with Crippen LogP contribution in [0.1, 0.15) is 60.3 Å². The highest BCUT2D eigenvalue weighted by atomic mass is 79.9. The van der Waals surface area contributed by atoms with Gasteiger partial charge in [-0.15, -0.1) is 0 Å². The highest BCUT2D eigenvalue weighted by Crippen LogP contribution is 2.70. The molecular weight excluding hydrogens is 516 g/mol. The molecule has 4 aliphatic rings. The number of hydrogen-bond donors (Lipinski definition) is 1. The van der Waals surface area contributed by atoms with Crippen LogP contribution >= 0.6 is 15.9 Å². The summed E-state index contributed by atoms with van der Waals surface area (Å²) in [6.07, 6.45) is 6.08. The number of allylic oxidation sites excluding steroid dienone is 4. The third-order valence-corrected chi connectivity index (χ3v) is 10.3. The van der Waals surface area contributed by atoms with Crippen LogP contribution in [0.25, 0.3) is 0 Å². The van der Waals surface area contributed by atoms with Crippen LogP contribution in [0.3, 0.4) is 0 Å². The number of carbonyl (C=O) groups is 4. The monoisotopic (exact) mass is 550 g/mol. The molecule has 0 aromatic rings. The normalized spacial score (nSPS) is 44.0. The van der Waals surface area contributed by atoms with Crippen LogP contribution in [-0.2, 0) is 28.7 Å². The maximum absolute atomic E-state index is 13.8. The first kappa shape index (κ1) is 26.3. The van der Waals surface area contributed by atoms with Gasteiger partial charge in [-0.1, -0.05) is 55.3 Å². The summed E-state index contributed by atoms with van der Waals surface area (Å²) in [5, 5.41) is 11.7. The van der Waals surface area contributed by atoms with Gasteiger partial charge in [-0.25, -0.2) is 0 Å². The summed E-state index contributed by atoms with van der Waals surface area (Å²) in [5.41, 5.74) is -1.82. The van der Waals surface area contributed by atoms with Crippen molar-refractivity contribution < 1.29 is 33.8 Å². The van der Waals surface area contributed by atoms with Gasteiger partial charge in [-0.3, -0.25) is 19.2 Å². The number of aliphatic hydroxyl groups is 1. The Morgan fingerprint density at radius 1 is 1.26 bits per heavy atom. The molecule has 9 atom stereocenters. The Kier molecular flexibility index (Phi) is 6.71. The average molecular weight is 551 g/mol. The molecule has 0 radical (unpaired) electrons. The lowest BCUT2D eigenvalue weighted by Crippen LogP contribution is -2.65. The number of carbonyl (C=O) groups excluding carboxylic acids is 4. The molecule has 4 aliphatic carbocycles. The first-order valence-electron chi connectivity index (χ1n) is 12.5. The SMILES string of the molecule is CCC(=O)O[C@]1(C(=O)COC(C)=O)[C@H](C)CC2C3C(C(O)C[C@@]21C)[C@@]1(C)C=CC(=O)C=C1C[C@H]3Br. The molecule has 0 aromatic carbocycles. The van der Waals surface area contributed by atoms with E-state index in [0.717, 1.165) is 5.57 Å². The molecule has 0 spiro atoms. The Balaban J connectivity index is 1.81. The van der Waals surface area contributed by atoms with Crippen LogP contribution in [0, 0.1) is 34.5 Å². The Hall–Kier alpha value is -1.80. The summed E-state index contributed by atoms with van der Waals surface area (Å²) < 4.78 is 11.1. The van der Waals surface area contributed by atoms with Crippen molar-refractivity contribution in [1.29, 1.82) is 0 Å². The Morgan fingerprint density at radius 3 is 2.57 bits per heavy atom. The molecule has 3 fully saturated rings. The van der Waals surface area contributed by atoms with Crippen molar-refractivity contribution in [2.24, 2.45) is 34.5 Å². The molecule has 0 heterocycles. The standard InChI is InChI=1S/C27H35BrO7/c1-6-22(33)35-27(21(32)13-34-15(3)29)14(2)9-18-23-19(28)11-16-10-17(30)7-8-25(16,4)24(23)20(31)12-26(18,27)5/h7-8,10,14,18-20,23-24,31H,6,9,11-13H2,1-5H3/t14-,18?,19-,20?,23?,24?,25+,26+,27+/m1/s1. The van der Waals surface area contributed by atoms with Gasteiger partial charge in [0.05, 0.1) is 6.10 Å². The van der Waals surface area contributed by atoms with Crippen molar-refractivity contribution in [3.63, 3.8) is 0 Å². The number of alkyl halides is 1. The van der Waals surface area contributed by atoms with Crippen LogP contribution in [0.5, 0.6) is 0 Å². The van der Waals surface area contributed by atoms with E-state index >= 15 is 0 Å². The smallest absolute Gasteiger partial charge is 0.306 e. The van der Waals surface area contributed by atoms with Gasteiger partial charge in [0, 0.05) is 40.8 Å². The largest absolute Gasteiger partial charge is 0.458 e. The molecule has 0 aromatic heterocycles. The number of esters is 2. The van der Waals surface area contributed by atoms with Gasteiger partial charge in [0.1, 0.15) is 0 Å². The number of Topliss-reactive ketones (excluding diaryl/α,β-unsaturated/α-hetero) is 1. The number of hydrogen-bond acceptors (Lipinski definition) is 7. The van der Waals surface area contributed by atoms with Crippen LogP contribution in [0.2, 0.25) is 0 Å². The molecule has 192 valence electrons. The van der Waals surface area contributed by atoms with Gasteiger partial charge in [0.2, 0.25) is 5.78 Å². The molecular formula is C27H35BrO7. The number of ketones is 2. The molecule has 3 saturated carbocycles. The van der Waals surface area contributed by atoms with Crippen LogP contribution in [-0.4, -0.2) is 51.8 Å². The highest BCUT2D eigenvalue weighted by Gasteiger charge is 2.73. The van der Waals surface area contributed by atoms with Gasteiger partial charge in [0.25, 0.3) is 0 Å². The summed E-state index contributed by atoms with van der Waals surface area (Å²) >= 11 is 3.88. The lowest BCUT2D eigenvalue weighted by molar-refractivity contribution is -0.205. The zero-order valence-corrected chi connectivity index (χ0v) is 22.6. The van der Waals surface area contributed by atoms with Crippen molar-refractivity contribution in [1.82, 2.24) is 0 Å². The summed E-state index contributed by atoms with van der Waals surface area (Å²) in [7, 11) is 0. The highest BCUT2D eigenvalue weighted by molar-refractivity contribution is 9.09. The van der Waals surface area contributed by atoms with Gasteiger partial charge in [-0.2, -0.15) is 0 Å². The molecule has 1 N–H and O–H groups in total. The molecule has 0 amide bonds. The minimum Gasteiger partial charge on any atom is -0.458 e. The quantitative estimate of drug-likeness (QED) is 0.410. The van der Waals surface area contributed by atoms with E-state index in [4.69, 9.17) is 9.47 Å². The Bertz CT molecular complexity index is 1020. The van der Waals surface area contributed by atoms with E-state index in [1.165, 1.54) is 6.92 Å². The van der Waals surface area contributed by atoms with Gasteiger partial charge >= 0.3 is 11.9 Å². The number of halogens is 1. The second-order valence-corrected chi connectivity index (χ2v) is 12.4. The fraction of sp³-hybridized carbons (Fsp3) is 0.704. The molecule has 0 bridgehead atoms. The van der Waals surface area contributed by atoms with Gasteiger partial charge < -0.3 is 14.6 Å². The van der Waals surface area contributed by atoms with Crippen molar-refractivity contribution in [2.45, 2.75) is 76.8 Å². The van der Waals surface area contributed by atoms with Crippen LogP contribution in [0.15, 0.2) is 23.8 Å². The molecule has 0 saturated heterocycles. The van der Waals surface area contributed by atoms with Crippen molar-refractivity contribution in [3.05, 3.63) is 23.8 Å². The van der Waals surface area contributed by atoms with Crippen molar-refractivity contribution in [3.8, 4) is 0 Å². The van der Waals surface area contributed by atoms with Gasteiger partial charge in [0.15, 0.2) is 18.0 Å². The first-order chi connectivity index (χ1) is 16.3. The van der Waals surface area contributed by atoms with E-state index in [2.05, 4.69) is 22.9 Å². The second kappa shape index (κ2) is 8.94. The summed E-state index contributed by atoms with van der Waals surface area (Å²) in [6, 6.07) is 0. The number of ether oxygens (including phenoxy) is 2. The Morgan fingerprint density at radius 2 is 1.94 bits per heavy atom. The van der Waals surface area contributed by atoms with Crippen molar-refractivity contribution in [2.75, 3.05) is 6.61 Å². The maximum Gasteiger partial charge on any atom is 0.306 e. The zero-order valence-electron chi connectivity index (χ0n) is 21.0. The predicted molar refractivity (Wildman–Crippen MR) is 131 cm³/mol. The van der Waals surface area contributed by atoms with E-state index in [-0.39, 0.29) is 47.1 Å². The van der Waals surface area contributed by atoms with E-state index < -0.39 is 46.9 Å². The van der Waals surface area contributed by atoms with E-state index in [0.29, 0.717) is 12.8 Å². The van der Waals surface area contributed by atoms with E-state index in [1.807, 2.05) is 19.9 Å². The number of rotatable bonds is 5. The summed E-state index contributed by atoms with van der Waals surface area (Å²) in [5.74, 6) is -2.09. The minimum absolute atomic E-state index is 0.0150. The Labute approximate surface area is 214 Å². The summed E-state index contributed by atoms with van der Waals surface area (Å²) in [4.78, 5) is 50.0. The molecule has 35 heavy (non-hydrogen) atoms. The third-order valence-electron chi connectivity index (χ3n) is 9.41. The molecule has 8 heteroatoms. The van der Waals surface area contributed by atoms with Crippen LogP contribution in [0.4, 0.5) is 0 Å². The zero-order chi connectivity index (χ0) is 25.9. The van der Waals surface area contributed by atoms with Gasteiger partial charge in [-0.05, 0) is 43.3 Å². The molecule has 0 aliphatic heterocycles. The number of aliphatic hydroxyl groups excluding tert-OH is 1. The van der Waals surface area contributed by atoms with Crippen molar-refractivity contribution >= 4 is 39.4 Å². The molecule has 7 nitrogen and oxygen atoms in total. The molecule has 4 unspecified atom stereocenters. The topological polar surface area (TPSA) is 107 Å². The van der Waals surface area contributed by atoms with E-state index in [1.54, 1.807) is 19.1 Å². The second-order valence-electron chi connectivity index (χ2n) is 11.2. The summed E-state index contributed by atoms with van der Waals surface area (Å²) in [6.45, 7) is 8.38. The van der Waals surface area contributed by atoms with Crippen LogP contribution < -0.4 is 0 Å². The molecule has 4 rings (SSSR count). The maximum atomic E-state index is 13.8. The number of fused-ring (bicyclic) bond motifs is 5. The fourth-order valence-electron chi connectivity index (χ4n) is 7.96. The third kappa shape index (κ3) is 3.78. The predicted octanol–water partition coefficient (Wildman–Crippen LogP) is 3.71. The lowest BCUT2D eigenvalue weighted by atomic mass is 9.46. The first-order valence-corrected chi connectivity index (χ1v) is 13.4. The lowest BCUT2D eigenvalue weighted by Gasteiger charge is -2.61. The van der Waals surface area contributed by atoms with E-state index in [9.17, 15) is 24.3 Å².